The first-order valence-corrected chi connectivity index (χ1v) is 8.10. The second-order valence-corrected chi connectivity index (χ2v) is 10.7. The van der Waals surface area contributed by atoms with Crippen molar-refractivity contribution in [3.8, 4) is 0 Å². The van der Waals surface area contributed by atoms with E-state index in [-0.39, 0.29) is 6.10 Å². The van der Waals surface area contributed by atoms with Crippen LogP contribution in [0.2, 0.25) is 18.1 Å². The zero-order valence-corrected chi connectivity index (χ0v) is 10.9. The van der Waals surface area contributed by atoms with Crippen LogP contribution in [0.25, 0.3) is 0 Å². The molecule has 0 spiro atoms. The molecular formula is C11H24OSi. The van der Waals surface area contributed by atoms with Gasteiger partial charge in [-0.25, -0.2) is 0 Å². The van der Waals surface area contributed by atoms with Crippen molar-refractivity contribution in [1.82, 2.24) is 0 Å². The summed E-state index contributed by atoms with van der Waals surface area (Å²) in [5, 5.41) is 9.52. The van der Waals surface area contributed by atoms with Gasteiger partial charge in [-0.05, 0) is 18.4 Å². The van der Waals surface area contributed by atoms with Crippen molar-refractivity contribution in [2.24, 2.45) is 0 Å². The number of aliphatic hydroxyl groups is 1. The van der Waals surface area contributed by atoms with E-state index in [0.29, 0.717) is 5.04 Å². The smallest absolute Gasteiger partial charge is 0.0766 e. The van der Waals surface area contributed by atoms with Crippen LogP contribution in [0.1, 0.15) is 34.1 Å². The number of hydrogen-bond acceptors (Lipinski definition) is 1. The predicted molar refractivity (Wildman–Crippen MR) is 62.6 cm³/mol. The molecular weight excluding hydrogens is 176 g/mol. The van der Waals surface area contributed by atoms with Crippen molar-refractivity contribution < 1.29 is 5.11 Å². The Morgan fingerprint density at radius 2 is 1.77 bits per heavy atom. The van der Waals surface area contributed by atoms with Crippen molar-refractivity contribution in [3.63, 3.8) is 0 Å². The molecule has 0 saturated carbocycles. The Bertz CT molecular complexity index is 175. The van der Waals surface area contributed by atoms with Crippen LogP contribution in [0.5, 0.6) is 0 Å². The van der Waals surface area contributed by atoms with Gasteiger partial charge in [0.2, 0.25) is 0 Å². The molecule has 0 aliphatic rings. The minimum Gasteiger partial charge on any atom is -0.393 e. The van der Waals surface area contributed by atoms with E-state index in [2.05, 4.69) is 45.6 Å². The number of hydrogen-bond donors (Lipinski definition) is 1. The average molecular weight is 200 g/mol. The lowest BCUT2D eigenvalue weighted by molar-refractivity contribution is 0.198. The zero-order chi connectivity index (χ0) is 10.7. The summed E-state index contributed by atoms with van der Waals surface area (Å²) in [6, 6.07) is 0. The number of rotatable bonds is 3. The molecule has 0 rings (SSSR count). The van der Waals surface area contributed by atoms with E-state index in [4.69, 9.17) is 5.11 Å². The van der Waals surface area contributed by atoms with Crippen molar-refractivity contribution >= 4 is 8.07 Å². The topological polar surface area (TPSA) is 20.2 Å². The molecule has 0 unspecified atom stereocenters. The van der Waals surface area contributed by atoms with Gasteiger partial charge in [-0.2, -0.15) is 0 Å². The van der Waals surface area contributed by atoms with E-state index >= 15 is 0 Å². The molecule has 0 aliphatic heterocycles. The van der Waals surface area contributed by atoms with Crippen LogP contribution in [0.15, 0.2) is 11.8 Å². The van der Waals surface area contributed by atoms with Crippen molar-refractivity contribution in [2.45, 2.75) is 58.4 Å². The van der Waals surface area contributed by atoms with E-state index in [1.807, 2.05) is 6.92 Å². The minimum atomic E-state index is -1.26. The van der Waals surface area contributed by atoms with Gasteiger partial charge in [-0.15, -0.1) is 0 Å². The second kappa shape index (κ2) is 4.42. The quantitative estimate of drug-likeness (QED) is 0.693. The van der Waals surface area contributed by atoms with E-state index in [1.165, 1.54) is 0 Å². The summed E-state index contributed by atoms with van der Waals surface area (Å²) in [5.41, 5.74) is 2.35. The van der Waals surface area contributed by atoms with Gasteiger partial charge in [0.15, 0.2) is 0 Å². The monoisotopic (exact) mass is 200 g/mol. The molecule has 0 aromatic rings. The fourth-order valence-corrected chi connectivity index (χ4v) is 2.03. The fourth-order valence-electron chi connectivity index (χ4n) is 0.810. The Labute approximate surface area is 83.9 Å². The average Bonchev–Trinajstić information content (AvgIpc) is 1.82. The summed E-state index contributed by atoms with van der Waals surface area (Å²) < 4.78 is 0. The van der Waals surface area contributed by atoms with Gasteiger partial charge >= 0.3 is 0 Å². The van der Waals surface area contributed by atoms with Gasteiger partial charge in [-0.1, -0.05) is 45.6 Å². The molecule has 0 aromatic heterocycles. The molecule has 0 amide bonds. The molecule has 0 fully saturated rings. The molecule has 0 aliphatic carbocycles. The Balaban J connectivity index is 4.25. The molecule has 78 valence electrons. The van der Waals surface area contributed by atoms with E-state index in [9.17, 15) is 0 Å². The first-order chi connectivity index (χ1) is 5.67. The lowest BCUT2D eigenvalue weighted by Crippen LogP contribution is -2.34. The highest BCUT2D eigenvalue weighted by Crippen LogP contribution is 2.36. The Hall–Kier alpha value is -0.0831. The molecule has 2 heteroatoms. The largest absolute Gasteiger partial charge is 0.393 e. The fraction of sp³-hybridized carbons (Fsp3) is 0.818. The normalized spacial score (nSPS) is 16.5. The molecule has 0 radical (unpaired) electrons. The van der Waals surface area contributed by atoms with Gasteiger partial charge in [0.1, 0.15) is 0 Å². The Morgan fingerprint density at radius 3 is 2.08 bits per heavy atom. The SMILES string of the molecule is C[C@@H](O)C/C=C/[Si](C)(C)C(C)(C)C. The molecule has 0 saturated heterocycles. The zero-order valence-electron chi connectivity index (χ0n) is 9.89. The molecule has 1 atom stereocenters. The van der Waals surface area contributed by atoms with Gasteiger partial charge in [-0.3, -0.25) is 0 Å². The van der Waals surface area contributed by atoms with E-state index in [1.54, 1.807) is 0 Å². The first kappa shape index (κ1) is 12.9. The van der Waals surface area contributed by atoms with Crippen molar-refractivity contribution in [2.75, 3.05) is 0 Å². The summed E-state index contributed by atoms with van der Waals surface area (Å²) >= 11 is 0. The maximum absolute atomic E-state index is 9.12. The summed E-state index contributed by atoms with van der Waals surface area (Å²) in [4.78, 5) is 0. The van der Waals surface area contributed by atoms with Crippen molar-refractivity contribution in [1.29, 1.82) is 0 Å². The highest BCUT2D eigenvalue weighted by molar-refractivity contribution is 6.84. The van der Waals surface area contributed by atoms with Crippen LogP contribution in [0.3, 0.4) is 0 Å². The Kier molecular flexibility index (Phi) is 4.40. The lowest BCUT2D eigenvalue weighted by Gasteiger charge is -2.34. The first-order valence-electron chi connectivity index (χ1n) is 5.02. The van der Waals surface area contributed by atoms with Crippen molar-refractivity contribution in [3.05, 3.63) is 11.8 Å². The van der Waals surface area contributed by atoms with E-state index in [0.717, 1.165) is 6.42 Å². The highest BCUT2D eigenvalue weighted by Gasteiger charge is 2.31. The third-order valence-corrected chi connectivity index (χ3v) is 7.88. The molecule has 13 heavy (non-hydrogen) atoms. The highest BCUT2D eigenvalue weighted by atomic mass is 28.3. The molecule has 0 heterocycles. The molecule has 0 aromatic carbocycles. The number of aliphatic hydroxyl groups excluding tert-OH is 1. The van der Waals surface area contributed by atoms with Gasteiger partial charge in [0, 0.05) is 0 Å². The standard InChI is InChI=1S/C11H24OSi/c1-10(12)8-7-9-13(5,6)11(2,3)4/h7,9-10,12H,8H2,1-6H3/b9-7+/t10-/m1/s1. The van der Waals surface area contributed by atoms with E-state index < -0.39 is 8.07 Å². The van der Waals surface area contributed by atoms with Crippen LogP contribution in [0, 0.1) is 0 Å². The lowest BCUT2D eigenvalue weighted by atomic mass is 10.2. The Morgan fingerprint density at radius 1 is 1.31 bits per heavy atom. The predicted octanol–water partition coefficient (Wildman–Crippen LogP) is 3.36. The van der Waals surface area contributed by atoms with Gasteiger partial charge < -0.3 is 5.11 Å². The maximum Gasteiger partial charge on any atom is 0.0766 e. The van der Waals surface area contributed by atoms with Crippen LogP contribution < -0.4 is 0 Å². The maximum atomic E-state index is 9.12. The minimum absolute atomic E-state index is 0.207. The third-order valence-electron chi connectivity index (χ3n) is 2.94. The van der Waals surface area contributed by atoms with Crippen LogP contribution >= 0.6 is 0 Å². The molecule has 1 N–H and O–H groups in total. The van der Waals surface area contributed by atoms with Crippen LogP contribution in [-0.2, 0) is 0 Å². The third kappa shape index (κ3) is 4.63. The summed E-state index contributed by atoms with van der Waals surface area (Å²) in [6.07, 6.45) is 2.72. The van der Waals surface area contributed by atoms with Crippen LogP contribution in [0.4, 0.5) is 0 Å². The van der Waals surface area contributed by atoms with Gasteiger partial charge in [0.05, 0.1) is 14.2 Å². The second-order valence-electron chi connectivity index (χ2n) is 5.46. The molecule has 1 nitrogen and oxygen atoms in total. The summed E-state index contributed by atoms with van der Waals surface area (Å²) in [5.74, 6) is 0. The van der Waals surface area contributed by atoms with Gasteiger partial charge in [0.25, 0.3) is 0 Å². The van der Waals surface area contributed by atoms with Crippen LogP contribution in [-0.4, -0.2) is 19.3 Å². The molecule has 0 bridgehead atoms. The summed E-state index contributed by atoms with van der Waals surface area (Å²) in [6.45, 7) is 13.5. The summed E-state index contributed by atoms with van der Waals surface area (Å²) in [7, 11) is -1.26.